The number of carbonyl (C=O) groups is 1. The maximum absolute atomic E-state index is 11.9. The summed E-state index contributed by atoms with van der Waals surface area (Å²) in [4.78, 5) is 27.8. The average molecular weight is 350 g/mol. The van der Waals surface area contributed by atoms with Crippen molar-refractivity contribution in [3.8, 4) is 17.0 Å². The molecule has 0 saturated carbocycles. The van der Waals surface area contributed by atoms with Crippen molar-refractivity contribution in [2.24, 2.45) is 0 Å². The first-order chi connectivity index (χ1) is 12.7. The van der Waals surface area contributed by atoms with Crippen LogP contribution in [0.4, 0.5) is 0 Å². The van der Waals surface area contributed by atoms with Gasteiger partial charge in [0.05, 0.1) is 12.2 Å². The molecule has 132 valence electrons. The van der Waals surface area contributed by atoms with Crippen LogP contribution in [0.5, 0.6) is 5.75 Å². The van der Waals surface area contributed by atoms with Crippen LogP contribution in [-0.2, 0) is 11.3 Å². The minimum atomic E-state index is -0.259. The van der Waals surface area contributed by atoms with Gasteiger partial charge in [-0.1, -0.05) is 18.2 Å². The Morgan fingerprint density at radius 3 is 2.69 bits per heavy atom. The van der Waals surface area contributed by atoms with E-state index in [9.17, 15) is 9.59 Å². The molecule has 2 heterocycles. The highest BCUT2D eigenvalue weighted by Gasteiger charge is 2.05. The fourth-order valence-corrected chi connectivity index (χ4v) is 2.30. The number of para-hydroxylation sites is 1. The van der Waals surface area contributed by atoms with Crippen molar-refractivity contribution in [2.75, 3.05) is 13.2 Å². The molecule has 7 heteroatoms. The van der Waals surface area contributed by atoms with Crippen LogP contribution in [0.3, 0.4) is 0 Å². The van der Waals surface area contributed by atoms with Crippen LogP contribution in [0.15, 0.2) is 71.8 Å². The molecule has 0 aliphatic carbocycles. The van der Waals surface area contributed by atoms with Gasteiger partial charge in [0.15, 0.2) is 6.61 Å². The van der Waals surface area contributed by atoms with Gasteiger partial charge in [-0.2, -0.15) is 5.10 Å². The van der Waals surface area contributed by atoms with E-state index in [2.05, 4.69) is 15.4 Å². The molecule has 0 fully saturated rings. The molecule has 26 heavy (non-hydrogen) atoms. The molecule has 0 radical (unpaired) electrons. The molecule has 0 bridgehead atoms. The molecule has 1 aromatic carbocycles. The van der Waals surface area contributed by atoms with Crippen LogP contribution in [0, 0.1) is 0 Å². The lowest BCUT2D eigenvalue weighted by atomic mass is 10.2. The lowest BCUT2D eigenvalue weighted by Gasteiger charge is -2.09. The molecule has 0 spiro atoms. The van der Waals surface area contributed by atoms with Crippen LogP contribution in [0.25, 0.3) is 11.3 Å². The molecule has 3 aromatic rings. The van der Waals surface area contributed by atoms with Gasteiger partial charge in [-0.3, -0.25) is 14.6 Å². The van der Waals surface area contributed by atoms with Gasteiger partial charge in [-0.25, -0.2) is 4.68 Å². The largest absolute Gasteiger partial charge is 0.484 e. The van der Waals surface area contributed by atoms with E-state index >= 15 is 0 Å². The first-order valence-electron chi connectivity index (χ1n) is 8.15. The lowest BCUT2D eigenvalue weighted by molar-refractivity contribution is -0.123. The second-order valence-corrected chi connectivity index (χ2v) is 5.47. The minimum absolute atomic E-state index is 0.0813. The quantitative estimate of drug-likeness (QED) is 0.698. The second-order valence-electron chi connectivity index (χ2n) is 5.47. The molecular formula is C19H18N4O3. The monoisotopic (exact) mass is 350 g/mol. The smallest absolute Gasteiger partial charge is 0.266 e. The zero-order valence-electron chi connectivity index (χ0n) is 14.0. The highest BCUT2D eigenvalue weighted by molar-refractivity contribution is 5.77. The highest BCUT2D eigenvalue weighted by atomic mass is 16.5. The van der Waals surface area contributed by atoms with E-state index in [1.54, 1.807) is 36.7 Å². The van der Waals surface area contributed by atoms with Gasteiger partial charge < -0.3 is 10.1 Å². The number of nitrogens with one attached hydrogen (secondary N) is 1. The predicted octanol–water partition coefficient (Wildman–Crippen LogP) is 1.50. The van der Waals surface area contributed by atoms with E-state index in [4.69, 9.17) is 4.74 Å². The number of benzene rings is 1. The summed E-state index contributed by atoms with van der Waals surface area (Å²) in [6, 6.07) is 15.9. The van der Waals surface area contributed by atoms with Gasteiger partial charge in [0.2, 0.25) is 0 Å². The Morgan fingerprint density at radius 1 is 1.08 bits per heavy atom. The van der Waals surface area contributed by atoms with E-state index in [0.29, 0.717) is 11.4 Å². The summed E-state index contributed by atoms with van der Waals surface area (Å²) in [5, 5.41) is 7.03. The summed E-state index contributed by atoms with van der Waals surface area (Å²) in [5.74, 6) is 0.370. The zero-order valence-corrected chi connectivity index (χ0v) is 14.0. The van der Waals surface area contributed by atoms with Crippen molar-refractivity contribution < 1.29 is 9.53 Å². The molecule has 0 saturated heterocycles. The molecule has 1 N–H and O–H groups in total. The van der Waals surface area contributed by atoms with Crippen LogP contribution in [0.1, 0.15) is 0 Å². The van der Waals surface area contributed by atoms with Crippen LogP contribution in [0.2, 0.25) is 0 Å². The highest BCUT2D eigenvalue weighted by Crippen LogP contribution is 2.12. The molecule has 1 amide bonds. The molecule has 0 aliphatic rings. The Hall–Kier alpha value is -3.48. The van der Waals surface area contributed by atoms with Crippen molar-refractivity contribution in [3.63, 3.8) is 0 Å². The molecule has 7 nitrogen and oxygen atoms in total. The Morgan fingerprint density at radius 2 is 1.92 bits per heavy atom. The van der Waals surface area contributed by atoms with Crippen molar-refractivity contribution in [1.82, 2.24) is 20.1 Å². The number of hydrogen-bond acceptors (Lipinski definition) is 5. The number of pyridine rings is 1. The molecular weight excluding hydrogens is 332 g/mol. The number of carbonyl (C=O) groups excluding carboxylic acids is 1. The third-order valence-corrected chi connectivity index (χ3v) is 3.58. The maximum atomic E-state index is 11.9. The maximum Gasteiger partial charge on any atom is 0.266 e. The molecule has 2 aromatic heterocycles. The van der Waals surface area contributed by atoms with Crippen LogP contribution in [-0.4, -0.2) is 33.8 Å². The number of aromatic nitrogens is 3. The topological polar surface area (TPSA) is 86.1 Å². The van der Waals surface area contributed by atoms with E-state index in [1.165, 1.54) is 10.7 Å². The third kappa shape index (κ3) is 4.76. The van der Waals surface area contributed by atoms with Crippen LogP contribution >= 0.6 is 0 Å². The summed E-state index contributed by atoms with van der Waals surface area (Å²) < 4.78 is 6.69. The Labute approximate surface area is 150 Å². The lowest BCUT2D eigenvalue weighted by Crippen LogP contribution is -2.34. The Balaban J connectivity index is 1.53. The summed E-state index contributed by atoms with van der Waals surface area (Å²) in [7, 11) is 0. The Kier molecular flexibility index (Phi) is 5.72. The SMILES string of the molecule is O=C(COc1ccccc1)NCCn1nc(-c2cccnc2)ccc1=O. The van der Waals surface area contributed by atoms with E-state index in [-0.39, 0.29) is 31.2 Å². The second kappa shape index (κ2) is 8.57. The number of rotatable bonds is 7. The summed E-state index contributed by atoms with van der Waals surface area (Å²) >= 11 is 0. The fourth-order valence-electron chi connectivity index (χ4n) is 2.30. The van der Waals surface area contributed by atoms with Gasteiger partial charge in [-0.15, -0.1) is 0 Å². The Bertz CT molecular complexity index is 911. The van der Waals surface area contributed by atoms with Crippen molar-refractivity contribution in [2.45, 2.75) is 6.54 Å². The fraction of sp³-hybridized carbons (Fsp3) is 0.158. The number of hydrogen-bond donors (Lipinski definition) is 1. The third-order valence-electron chi connectivity index (χ3n) is 3.58. The van der Waals surface area contributed by atoms with Gasteiger partial charge in [0.25, 0.3) is 11.5 Å². The average Bonchev–Trinajstić information content (AvgIpc) is 2.69. The van der Waals surface area contributed by atoms with Gasteiger partial charge in [-0.05, 0) is 30.3 Å². The molecule has 0 unspecified atom stereocenters. The van der Waals surface area contributed by atoms with Crippen molar-refractivity contribution in [1.29, 1.82) is 0 Å². The number of nitrogens with zero attached hydrogens (tertiary/aromatic N) is 3. The molecule has 0 atom stereocenters. The molecule has 3 rings (SSSR count). The van der Waals surface area contributed by atoms with Crippen molar-refractivity contribution in [3.05, 3.63) is 77.3 Å². The summed E-state index contributed by atoms with van der Waals surface area (Å²) in [5.41, 5.74) is 1.24. The van der Waals surface area contributed by atoms with E-state index < -0.39 is 0 Å². The van der Waals surface area contributed by atoms with Gasteiger partial charge in [0, 0.05) is 30.6 Å². The van der Waals surface area contributed by atoms with Gasteiger partial charge in [0.1, 0.15) is 5.75 Å². The van der Waals surface area contributed by atoms with Gasteiger partial charge >= 0.3 is 0 Å². The first-order valence-corrected chi connectivity index (χ1v) is 8.15. The van der Waals surface area contributed by atoms with Crippen molar-refractivity contribution >= 4 is 5.91 Å². The first kappa shape index (κ1) is 17.3. The summed E-state index contributed by atoms with van der Waals surface area (Å²) in [6.07, 6.45) is 3.35. The molecule has 0 aliphatic heterocycles. The summed E-state index contributed by atoms with van der Waals surface area (Å²) in [6.45, 7) is 0.465. The standard InChI is InChI=1S/C19H18N4O3/c24-18(14-26-16-6-2-1-3-7-16)21-11-12-23-19(25)9-8-17(22-23)15-5-4-10-20-13-15/h1-10,13H,11-12,14H2,(H,21,24). The minimum Gasteiger partial charge on any atom is -0.484 e. The van der Waals surface area contributed by atoms with Crippen LogP contribution < -0.4 is 15.6 Å². The predicted molar refractivity (Wildman–Crippen MR) is 96.7 cm³/mol. The zero-order chi connectivity index (χ0) is 18.2. The normalized spacial score (nSPS) is 10.3. The van der Waals surface area contributed by atoms with E-state index in [0.717, 1.165) is 5.56 Å². The number of ether oxygens (including phenoxy) is 1. The number of amides is 1. The van der Waals surface area contributed by atoms with E-state index in [1.807, 2.05) is 24.3 Å².